The van der Waals surface area contributed by atoms with Crippen molar-refractivity contribution in [3.63, 3.8) is 0 Å². The van der Waals surface area contributed by atoms with Crippen LogP contribution < -0.4 is 4.90 Å². The molecule has 118 valence electrons. The molecule has 1 N–H and O–H groups in total. The normalized spacial score (nSPS) is 22.2. The second-order valence-electron chi connectivity index (χ2n) is 4.83. The van der Waals surface area contributed by atoms with Gasteiger partial charge < -0.3 is 14.5 Å². The molecular weight excluding hydrogens is 325 g/mol. The number of alkyl halides is 3. The van der Waals surface area contributed by atoms with E-state index in [4.69, 9.17) is 5.11 Å². The maximum atomic E-state index is 13.1. The van der Waals surface area contributed by atoms with Crippen molar-refractivity contribution in [1.82, 2.24) is 15.4 Å². The van der Waals surface area contributed by atoms with E-state index < -0.39 is 30.5 Å². The molecule has 22 heavy (non-hydrogen) atoms. The van der Waals surface area contributed by atoms with Crippen LogP contribution in [0.15, 0.2) is 16.9 Å². The molecule has 1 unspecified atom stereocenters. The molecule has 0 aromatic carbocycles. The van der Waals surface area contributed by atoms with Gasteiger partial charge in [0.1, 0.15) is 12.0 Å². The minimum absolute atomic E-state index is 0.0563. The number of halogens is 3. The van der Waals surface area contributed by atoms with Crippen LogP contribution in [0.4, 0.5) is 18.3 Å². The molecule has 1 aliphatic rings. The lowest BCUT2D eigenvalue weighted by atomic mass is 9.86. The molecule has 2 aromatic heterocycles. The van der Waals surface area contributed by atoms with Gasteiger partial charge in [0.15, 0.2) is 10.4 Å². The molecule has 1 fully saturated rings. The highest BCUT2D eigenvalue weighted by Crippen LogP contribution is 2.47. The number of carboxylic acids is 1. The first-order valence-electron chi connectivity index (χ1n) is 6.13. The van der Waals surface area contributed by atoms with Gasteiger partial charge in [0.05, 0.1) is 0 Å². The predicted octanol–water partition coefficient (Wildman–Crippen LogP) is 2.04. The van der Waals surface area contributed by atoms with E-state index in [0.29, 0.717) is 10.7 Å². The third-order valence-electron chi connectivity index (χ3n) is 3.56. The Balaban J connectivity index is 1.85. The number of hydrogen-bond donors (Lipinski definition) is 1. The molecule has 7 nitrogen and oxygen atoms in total. The number of carbonyl (C=O) groups is 1. The Bertz CT molecular complexity index is 687. The van der Waals surface area contributed by atoms with Crippen LogP contribution in [0.2, 0.25) is 0 Å². The summed E-state index contributed by atoms with van der Waals surface area (Å²) in [5.41, 5.74) is -2.35. The number of carboxylic acid groups (broad SMARTS) is 1. The third-order valence-corrected chi connectivity index (χ3v) is 4.57. The quantitative estimate of drug-likeness (QED) is 0.918. The van der Waals surface area contributed by atoms with Crippen molar-refractivity contribution in [2.24, 2.45) is 5.41 Å². The van der Waals surface area contributed by atoms with E-state index >= 15 is 0 Å². The monoisotopic (exact) mass is 334 g/mol. The number of aromatic nitrogens is 3. The van der Waals surface area contributed by atoms with Crippen molar-refractivity contribution in [2.45, 2.75) is 12.6 Å². The first-order valence-corrected chi connectivity index (χ1v) is 6.94. The van der Waals surface area contributed by atoms with Crippen LogP contribution >= 0.6 is 11.3 Å². The fourth-order valence-corrected chi connectivity index (χ4v) is 3.10. The second kappa shape index (κ2) is 4.93. The van der Waals surface area contributed by atoms with E-state index in [1.165, 1.54) is 11.2 Å². The lowest BCUT2D eigenvalue weighted by Gasteiger charge is -2.26. The molecule has 11 heteroatoms. The zero-order chi connectivity index (χ0) is 16.0. The van der Waals surface area contributed by atoms with Gasteiger partial charge in [-0.15, -0.1) is 10.2 Å². The largest absolute Gasteiger partial charge is 0.481 e. The average molecular weight is 334 g/mol. The molecule has 0 bridgehead atoms. The predicted molar refractivity (Wildman–Crippen MR) is 68.4 cm³/mol. The molecule has 0 spiro atoms. The SMILES string of the molecule is O=C(O)C1(C(F)(F)F)CCN(c2nnc(-c3ccon3)s2)C1. The van der Waals surface area contributed by atoms with Crippen LogP contribution in [-0.2, 0) is 4.79 Å². The fraction of sp³-hybridized carbons (Fsp3) is 0.455. The van der Waals surface area contributed by atoms with Crippen molar-refractivity contribution in [2.75, 3.05) is 18.0 Å². The van der Waals surface area contributed by atoms with Gasteiger partial charge in [-0.1, -0.05) is 16.5 Å². The minimum Gasteiger partial charge on any atom is -0.481 e. The van der Waals surface area contributed by atoms with Crippen LogP contribution in [-0.4, -0.2) is 45.7 Å². The van der Waals surface area contributed by atoms with Crippen LogP contribution in [0.25, 0.3) is 10.7 Å². The molecule has 2 aromatic rings. The van der Waals surface area contributed by atoms with Gasteiger partial charge in [-0.05, 0) is 6.42 Å². The van der Waals surface area contributed by atoms with Crippen LogP contribution in [0.1, 0.15) is 6.42 Å². The van der Waals surface area contributed by atoms with E-state index in [9.17, 15) is 18.0 Å². The van der Waals surface area contributed by atoms with Crippen molar-refractivity contribution in [3.05, 3.63) is 12.3 Å². The molecule has 1 atom stereocenters. The highest BCUT2D eigenvalue weighted by molar-refractivity contribution is 7.18. The van der Waals surface area contributed by atoms with E-state index in [-0.39, 0.29) is 11.7 Å². The Kier molecular flexibility index (Phi) is 3.31. The number of nitrogens with zero attached hydrogens (tertiary/aromatic N) is 4. The summed E-state index contributed by atoms with van der Waals surface area (Å²) in [6.45, 7) is -0.738. The summed E-state index contributed by atoms with van der Waals surface area (Å²) in [5, 5.41) is 20.9. The Morgan fingerprint density at radius 3 is 2.77 bits per heavy atom. The molecule has 3 rings (SSSR count). The number of hydrogen-bond acceptors (Lipinski definition) is 7. The van der Waals surface area contributed by atoms with Crippen LogP contribution in [0.5, 0.6) is 0 Å². The topological polar surface area (TPSA) is 92.3 Å². The second-order valence-corrected chi connectivity index (χ2v) is 5.79. The van der Waals surface area contributed by atoms with Gasteiger partial charge >= 0.3 is 12.1 Å². The first kappa shape index (κ1) is 14.8. The van der Waals surface area contributed by atoms with Crippen molar-refractivity contribution in [1.29, 1.82) is 0 Å². The summed E-state index contributed by atoms with van der Waals surface area (Å²) in [6, 6.07) is 1.55. The van der Waals surface area contributed by atoms with Gasteiger partial charge in [0.25, 0.3) is 0 Å². The third kappa shape index (κ3) is 2.21. The summed E-state index contributed by atoms with van der Waals surface area (Å²) in [6.07, 6.45) is -4.01. The number of rotatable bonds is 3. The van der Waals surface area contributed by atoms with Crippen LogP contribution in [0.3, 0.4) is 0 Å². The smallest absolute Gasteiger partial charge is 0.406 e. The molecule has 1 aliphatic heterocycles. The van der Waals surface area contributed by atoms with E-state index in [2.05, 4.69) is 19.9 Å². The lowest BCUT2D eigenvalue weighted by Crippen LogP contribution is -2.47. The van der Waals surface area contributed by atoms with Crippen molar-refractivity contribution < 1.29 is 27.6 Å². The molecule has 0 saturated carbocycles. The minimum atomic E-state index is -4.83. The Morgan fingerprint density at radius 1 is 1.45 bits per heavy atom. The van der Waals surface area contributed by atoms with Gasteiger partial charge in [-0.25, -0.2) is 0 Å². The van der Waals surface area contributed by atoms with E-state index in [1.54, 1.807) is 6.07 Å². The molecule has 3 heterocycles. The first-order chi connectivity index (χ1) is 10.3. The summed E-state index contributed by atoms with van der Waals surface area (Å²) >= 11 is 1.03. The molecule has 1 saturated heterocycles. The summed E-state index contributed by atoms with van der Waals surface area (Å²) < 4.78 is 44.0. The molecule has 0 aliphatic carbocycles. The van der Waals surface area contributed by atoms with Gasteiger partial charge in [-0.2, -0.15) is 13.2 Å². The van der Waals surface area contributed by atoms with Gasteiger partial charge in [-0.3, -0.25) is 4.79 Å². The molecule has 0 amide bonds. The van der Waals surface area contributed by atoms with Crippen molar-refractivity contribution in [3.8, 4) is 10.7 Å². The molecular formula is C11H9F3N4O3S. The fourth-order valence-electron chi connectivity index (χ4n) is 2.27. The highest BCUT2D eigenvalue weighted by Gasteiger charge is 2.64. The Labute approximate surface area is 125 Å². The lowest BCUT2D eigenvalue weighted by molar-refractivity contribution is -0.225. The maximum Gasteiger partial charge on any atom is 0.406 e. The maximum absolute atomic E-state index is 13.1. The molecule has 0 radical (unpaired) electrons. The van der Waals surface area contributed by atoms with Gasteiger partial charge in [0.2, 0.25) is 5.13 Å². The highest BCUT2D eigenvalue weighted by atomic mass is 32.1. The standard InChI is InChI=1S/C11H9F3N4O3S/c12-11(13,14)10(8(19)20)2-3-18(5-10)9-16-15-7(22-9)6-1-4-21-17-6/h1,4H,2-3,5H2,(H,19,20). The average Bonchev–Trinajstić information content (AvgIpc) is 3.18. The summed E-state index contributed by atoms with van der Waals surface area (Å²) in [4.78, 5) is 12.4. The van der Waals surface area contributed by atoms with Crippen LogP contribution in [0, 0.1) is 5.41 Å². The zero-order valence-electron chi connectivity index (χ0n) is 10.9. The number of aliphatic carboxylic acids is 1. The Hall–Kier alpha value is -2.17. The Morgan fingerprint density at radius 2 is 2.23 bits per heavy atom. The zero-order valence-corrected chi connectivity index (χ0v) is 11.7. The van der Waals surface area contributed by atoms with E-state index in [1.807, 2.05) is 0 Å². The number of anilines is 1. The van der Waals surface area contributed by atoms with E-state index in [0.717, 1.165) is 11.3 Å². The van der Waals surface area contributed by atoms with Crippen molar-refractivity contribution >= 4 is 22.4 Å². The summed E-state index contributed by atoms with van der Waals surface area (Å²) in [7, 11) is 0. The van der Waals surface area contributed by atoms with Gasteiger partial charge in [0, 0.05) is 19.2 Å². The summed E-state index contributed by atoms with van der Waals surface area (Å²) in [5.74, 6) is -1.87.